The highest BCUT2D eigenvalue weighted by Crippen LogP contribution is 2.48. The molecule has 1 aliphatic heterocycles. The van der Waals surface area contributed by atoms with Gasteiger partial charge < -0.3 is 19.3 Å². The minimum atomic E-state index is -0.195. The van der Waals surface area contributed by atoms with Gasteiger partial charge >= 0.3 is 0 Å². The molecule has 0 saturated heterocycles. The van der Waals surface area contributed by atoms with Gasteiger partial charge in [0.25, 0.3) is 0 Å². The van der Waals surface area contributed by atoms with Crippen LogP contribution in [0.3, 0.4) is 0 Å². The fourth-order valence-corrected chi connectivity index (χ4v) is 4.39. The number of nitrogens with zero attached hydrogens (tertiary/aromatic N) is 4. The van der Waals surface area contributed by atoms with E-state index in [2.05, 4.69) is 22.2 Å². The van der Waals surface area contributed by atoms with Gasteiger partial charge in [0.15, 0.2) is 23.0 Å². The van der Waals surface area contributed by atoms with E-state index in [0.29, 0.717) is 34.6 Å². The van der Waals surface area contributed by atoms with Crippen LogP contribution in [0.4, 0.5) is 0 Å². The van der Waals surface area contributed by atoms with Crippen LogP contribution in [0.1, 0.15) is 22.6 Å². The molecule has 168 valence electrons. The average molecular weight is 452 g/mol. The molecule has 0 spiro atoms. The molecular formula is C26H20N4O4. The fraction of sp³-hybridized carbons (Fsp3) is 0.115. The number of aromatic nitrogens is 4. The summed E-state index contributed by atoms with van der Waals surface area (Å²) >= 11 is 0. The standard InChI is InChI=1S/C26H20N4O4/c1-32-19-11-8-16(12-21(19)33-2)24-28-25-23-22(15-6-4-3-5-7-15)18-10-9-17(31)13-20(18)34-26(23)27-14-30(25)29-24/h3-14,22,31H,1-2H3/t22-/m0/s1. The van der Waals surface area contributed by atoms with Crippen molar-refractivity contribution >= 4 is 5.65 Å². The van der Waals surface area contributed by atoms with Crippen molar-refractivity contribution in [2.24, 2.45) is 0 Å². The first kappa shape index (κ1) is 20.0. The quantitative estimate of drug-likeness (QED) is 0.411. The summed E-state index contributed by atoms with van der Waals surface area (Å²) in [5.41, 5.74) is 4.22. The van der Waals surface area contributed by atoms with E-state index < -0.39 is 0 Å². The van der Waals surface area contributed by atoms with Crippen LogP contribution in [-0.4, -0.2) is 38.9 Å². The van der Waals surface area contributed by atoms with E-state index in [0.717, 1.165) is 22.3 Å². The Labute approximate surface area is 195 Å². The van der Waals surface area contributed by atoms with Crippen LogP contribution in [-0.2, 0) is 0 Å². The molecule has 2 aromatic heterocycles. The highest BCUT2D eigenvalue weighted by Gasteiger charge is 2.33. The lowest BCUT2D eigenvalue weighted by Gasteiger charge is -2.27. The molecule has 0 amide bonds. The molecule has 0 unspecified atom stereocenters. The molecule has 0 aliphatic carbocycles. The number of methoxy groups -OCH3 is 2. The van der Waals surface area contributed by atoms with Gasteiger partial charge in [0, 0.05) is 23.1 Å². The van der Waals surface area contributed by atoms with Crippen molar-refractivity contribution in [2.45, 2.75) is 5.92 Å². The summed E-state index contributed by atoms with van der Waals surface area (Å²) in [6, 6.07) is 20.8. The van der Waals surface area contributed by atoms with Crippen LogP contribution >= 0.6 is 0 Å². The fourth-order valence-electron chi connectivity index (χ4n) is 4.39. The van der Waals surface area contributed by atoms with Gasteiger partial charge in [-0.1, -0.05) is 36.4 Å². The molecule has 0 bridgehead atoms. The highest BCUT2D eigenvalue weighted by atomic mass is 16.5. The van der Waals surface area contributed by atoms with E-state index in [1.807, 2.05) is 42.5 Å². The Balaban J connectivity index is 1.57. The zero-order chi connectivity index (χ0) is 23.2. The maximum atomic E-state index is 10.0. The van der Waals surface area contributed by atoms with Gasteiger partial charge in [-0.2, -0.15) is 0 Å². The SMILES string of the molecule is COc1ccc(-c2nc3c4c(ncn3n2)Oc2cc(O)ccc2[C@@H]4c2ccccc2)cc1OC. The molecule has 8 nitrogen and oxygen atoms in total. The monoisotopic (exact) mass is 452 g/mol. The molecule has 1 atom stereocenters. The molecule has 1 N–H and O–H groups in total. The van der Waals surface area contributed by atoms with E-state index in [4.69, 9.17) is 19.2 Å². The second-order valence-electron chi connectivity index (χ2n) is 7.90. The molecule has 34 heavy (non-hydrogen) atoms. The third-order valence-corrected chi connectivity index (χ3v) is 5.97. The lowest BCUT2D eigenvalue weighted by atomic mass is 9.84. The van der Waals surface area contributed by atoms with Crippen molar-refractivity contribution in [1.82, 2.24) is 19.6 Å². The number of ether oxygens (including phenoxy) is 3. The number of hydrogen-bond acceptors (Lipinski definition) is 7. The van der Waals surface area contributed by atoms with Gasteiger partial charge in [-0.3, -0.25) is 0 Å². The van der Waals surface area contributed by atoms with Crippen LogP contribution in [0.15, 0.2) is 73.1 Å². The number of rotatable bonds is 4. The van der Waals surface area contributed by atoms with Gasteiger partial charge in [0.05, 0.1) is 19.8 Å². The lowest BCUT2D eigenvalue weighted by Crippen LogP contribution is -2.14. The predicted molar refractivity (Wildman–Crippen MR) is 125 cm³/mol. The van der Waals surface area contributed by atoms with Crippen LogP contribution in [0.5, 0.6) is 28.9 Å². The Morgan fingerprint density at radius 3 is 2.56 bits per heavy atom. The van der Waals surface area contributed by atoms with E-state index >= 15 is 0 Å². The van der Waals surface area contributed by atoms with Gasteiger partial charge in [-0.15, -0.1) is 5.10 Å². The number of phenolic OH excluding ortho intramolecular Hbond substituents is 1. The van der Waals surface area contributed by atoms with E-state index in [-0.39, 0.29) is 11.7 Å². The van der Waals surface area contributed by atoms with Crippen LogP contribution in [0, 0.1) is 0 Å². The van der Waals surface area contributed by atoms with Gasteiger partial charge in [-0.25, -0.2) is 14.5 Å². The van der Waals surface area contributed by atoms with Crippen LogP contribution < -0.4 is 14.2 Å². The third-order valence-electron chi connectivity index (χ3n) is 5.97. The Hall–Kier alpha value is -4.59. The molecule has 6 rings (SSSR count). The Bertz CT molecular complexity index is 1530. The third kappa shape index (κ3) is 3.11. The minimum absolute atomic E-state index is 0.133. The zero-order valence-corrected chi connectivity index (χ0v) is 18.5. The Kier molecular flexibility index (Phi) is 4.58. The summed E-state index contributed by atoms with van der Waals surface area (Å²) in [4.78, 5) is 9.41. The topological polar surface area (TPSA) is 91.0 Å². The molecule has 3 heterocycles. The van der Waals surface area contributed by atoms with Crippen LogP contribution in [0.2, 0.25) is 0 Å². The van der Waals surface area contributed by atoms with Crippen molar-refractivity contribution in [3.63, 3.8) is 0 Å². The first-order valence-electron chi connectivity index (χ1n) is 10.7. The summed E-state index contributed by atoms with van der Waals surface area (Å²) < 4.78 is 18.6. The first-order valence-corrected chi connectivity index (χ1v) is 10.7. The van der Waals surface area contributed by atoms with Crippen molar-refractivity contribution in [1.29, 1.82) is 0 Å². The van der Waals surface area contributed by atoms with Crippen molar-refractivity contribution in [3.8, 4) is 40.3 Å². The highest BCUT2D eigenvalue weighted by molar-refractivity contribution is 5.69. The number of hydrogen-bond donors (Lipinski definition) is 1. The molecule has 1 aliphatic rings. The Morgan fingerprint density at radius 1 is 0.941 bits per heavy atom. The van der Waals surface area contributed by atoms with E-state index in [1.54, 1.807) is 37.2 Å². The molecular weight excluding hydrogens is 432 g/mol. The molecule has 5 aromatic rings. The number of phenols is 1. The summed E-state index contributed by atoms with van der Waals surface area (Å²) in [6.07, 6.45) is 1.58. The number of benzene rings is 3. The van der Waals surface area contributed by atoms with Crippen LogP contribution in [0.25, 0.3) is 17.0 Å². The second-order valence-corrected chi connectivity index (χ2v) is 7.90. The Morgan fingerprint density at radius 2 is 1.76 bits per heavy atom. The van der Waals surface area contributed by atoms with Crippen molar-refractivity contribution in [2.75, 3.05) is 14.2 Å². The maximum absolute atomic E-state index is 10.0. The van der Waals surface area contributed by atoms with E-state index in [1.165, 1.54) is 0 Å². The zero-order valence-electron chi connectivity index (χ0n) is 18.5. The van der Waals surface area contributed by atoms with E-state index in [9.17, 15) is 5.11 Å². The molecule has 0 fully saturated rings. The summed E-state index contributed by atoms with van der Waals surface area (Å²) in [6.45, 7) is 0. The second kappa shape index (κ2) is 7.77. The minimum Gasteiger partial charge on any atom is -0.508 e. The average Bonchev–Trinajstić information content (AvgIpc) is 3.32. The molecule has 0 saturated carbocycles. The molecule has 3 aromatic carbocycles. The number of aromatic hydroxyl groups is 1. The normalized spacial score (nSPS) is 14.2. The smallest absolute Gasteiger partial charge is 0.228 e. The molecule has 0 radical (unpaired) electrons. The summed E-state index contributed by atoms with van der Waals surface area (Å²) in [5.74, 6) is 2.69. The summed E-state index contributed by atoms with van der Waals surface area (Å²) in [7, 11) is 3.19. The van der Waals surface area contributed by atoms with Crippen molar-refractivity contribution < 1.29 is 19.3 Å². The lowest BCUT2D eigenvalue weighted by molar-refractivity contribution is 0.355. The largest absolute Gasteiger partial charge is 0.508 e. The van der Waals surface area contributed by atoms with Crippen molar-refractivity contribution in [3.05, 3.63) is 89.7 Å². The first-order chi connectivity index (χ1) is 16.7. The van der Waals surface area contributed by atoms with Gasteiger partial charge in [-0.05, 0) is 29.8 Å². The van der Waals surface area contributed by atoms with Gasteiger partial charge in [0.2, 0.25) is 5.88 Å². The number of fused-ring (bicyclic) bond motifs is 4. The van der Waals surface area contributed by atoms with Gasteiger partial charge in [0.1, 0.15) is 17.8 Å². The maximum Gasteiger partial charge on any atom is 0.228 e. The predicted octanol–water partition coefficient (Wildman–Crippen LogP) is 4.80. The molecule has 8 heteroatoms. The summed E-state index contributed by atoms with van der Waals surface area (Å²) in [5, 5.41) is 14.7.